The van der Waals surface area contributed by atoms with Crippen molar-refractivity contribution in [3.8, 4) is 0 Å². The van der Waals surface area contributed by atoms with Gasteiger partial charge in [0.2, 0.25) is 0 Å². The van der Waals surface area contributed by atoms with Crippen LogP contribution < -0.4 is 5.73 Å². The van der Waals surface area contributed by atoms with E-state index >= 15 is 0 Å². The average Bonchev–Trinajstić information content (AvgIpc) is 2.19. The molecule has 17 heavy (non-hydrogen) atoms. The zero-order valence-electron chi connectivity index (χ0n) is 8.19. The molecule has 1 aromatic rings. The molecule has 0 atom stereocenters. The number of hydrogen-bond acceptors (Lipinski definition) is 2. The molecule has 0 bridgehead atoms. The topological polar surface area (TPSA) is 26.0 Å². The summed E-state index contributed by atoms with van der Waals surface area (Å²) in [6.45, 7) is -1.03. The Hall–Kier alpha value is -1.05. The van der Waals surface area contributed by atoms with E-state index in [1.54, 1.807) is 0 Å². The number of nitrogen functional groups attached to an aromatic ring is 1. The van der Waals surface area contributed by atoms with Gasteiger partial charge in [-0.2, -0.15) is 22.0 Å². The van der Waals surface area contributed by atoms with Crippen molar-refractivity contribution in [1.82, 2.24) is 0 Å². The number of halogens is 6. The zero-order valence-corrected chi connectivity index (χ0v) is 9.01. The van der Waals surface area contributed by atoms with Gasteiger partial charge >= 0.3 is 11.4 Å². The largest absolute Gasteiger partial charge is 0.464 e. The third-order valence-electron chi connectivity index (χ3n) is 1.83. The number of benzene rings is 1. The van der Waals surface area contributed by atoms with Crippen molar-refractivity contribution in [3.63, 3.8) is 0 Å². The van der Waals surface area contributed by atoms with Gasteiger partial charge < -0.3 is 5.73 Å². The molecule has 0 aliphatic carbocycles. The van der Waals surface area contributed by atoms with Gasteiger partial charge in [-0.25, -0.2) is 4.39 Å². The molecule has 0 aromatic heterocycles. The van der Waals surface area contributed by atoms with Crippen LogP contribution in [0.4, 0.5) is 32.0 Å². The van der Waals surface area contributed by atoms with Crippen LogP contribution in [0.5, 0.6) is 0 Å². The molecule has 0 fully saturated rings. The summed E-state index contributed by atoms with van der Waals surface area (Å²) in [5, 5.41) is -4.92. The number of thioether (sulfide) groups is 1. The average molecular weight is 275 g/mol. The summed E-state index contributed by atoms with van der Waals surface area (Å²) in [5.74, 6) is 0. The summed E-state index contributed by atoms with van der Waals surface area (Å²) in [5.41, 5.74) is 5.18. The molecule has 0 spiro atoms. The van der Waals surface area contributed by atoms with Gasteiger partial charge in [0.25, 0.3) is 0 Å². The highest BCUT2D eigenvalue weighted by atomic mass is 32.2. The van der Waals surface area contributed by atoms with Crippen LogP contribution >= 0.6 is 11.8 Å². The molecule has 1 nitrogen and oxygen atoms in total. The maximum Gasteiger partial charge on any atom is 0.464 e. The first-order valence-electron chi connectivity index (χ1n) is 4.25. The SMILES string of the molecule is Nc1ccc(SC(F)(F)C(F)(F)F)cc1CF. The van der Waals surface area contributed by atoms with Gasteiger partial charge in [0, 0.05) is 16.1 Å². The first-order valence-corrected chi connectivity index (χ1v) is 5.07. The lowest BCUT2D eigenvalue weighted by Crippen LogP contribution is -2.32. The third-order valence-corrected chi connectivity index (χ3v) is 2.81. The first kappa shape index (κ1) is 14.0. The molecule has 0 heterocycles. The van der Waals surface area contributed by atoms with E-state index < -0.39 is 34.8 Å². The second-order valence-electron chi connectivity index (χ2n) is 3.11. The summed E-state index contributed by atoms with van der Waals surface area (Å²) < 4.78 is 73.4. The van der Waals surface area contributed by atoms with Crippen molar-refractivity contribution in [3.05, 3.63) is 23.8 Å². The zero-order chi connectivity index (χ0) is 13.3. The summed E-state index contributed by atoms with van der Waals surface area (Å²) in [7, 11) is 0. The number of nitrogens with two attached hydrogens (primary N) is 1. The van der Waals surface area contributed by atoms with Gasteiger partial charge in [0.05, 0.1) is 0 Å². The number of alkyl halides is 6. The molecule has 0 aliphatic rings. The van der Waals surface area contributed by atoms with E-state index in [1.807, 2.05) is 0 Å². The summed E-state index contributed by atoms with van der Waals surface area (Å²) in [6.07, 6.45) is -5.66. The van der Waals surface area contributed by atoms with Gasteiger partial charge in [0.15, 0.2) is 0 Å². The predicted molar refractivity (Wildman–Crippen MR) is 52.5 cm³/mol. The van der Waals surface area contributed by atoms with Crippen molar-refractivity contribution in [2.24, 2.45) is 0 Å². The number of anilines is 1. The van der Waals surface area contributed by atoms with Crippen molar-refractivity contribution in [2.45, 2.75) is 23.0 Å². The minimum absolute atomic E-state index is 0.00664. The van der Waals surface area contributed by atoms with Crippen LogP contribution in [0, 0.1) is 0 Å². The molecule has 0 saturated heterocycles. The van der Waals surface area contributed by atoms with E-state index in [0.29, 0.717) is 0 Å². The summed E-state index contributed by atoms with van der Waals surface area (Å²) in [6, 6.07) is 2.95. The van der Waals surface area contributed by atoms with E-state index in [-0.39, 0.29) is 11.3 Å². The standard InChI is InChI=1S/C9H7F6NS/c10-4-5-3-6(1-2-7(5)16)17-9(14,15)8(11,12)13/h1-3H,4,16H2. The first-order chi connectivity index (χ1) is 7.67. The molecular formula is C9H7F6NS. The second-order valence-corrected chi connectivity index (χ2v) is 4.30. The van der Waals surface area contributed by atoms with Crippen LogP contribution in [-0.2, 0) is 6.67 Å². The highest BCUT2D eigenvalue weighted by Crippen LogP contribution is 2.47. The Bertz CT molecular complexity index is 403. The minimum Gasteiger partial charge on any atom is -0.398 e. The molecule has 96 valence electrons. The Morgan fingerprint density at radius 1 is 1.12 bits per heavy atom. The van der Waals surface area contributed by atoms with Crippen molar-refractivity contribution in [2.75, 3.05) is 5.73 Å². The molecule has 0 saturated carbocycles. The van der Waals surface area contributed by atoms with Gasteiger partial charge in [-0.05, 0) is 30.0 Å². The van der Waals surface area contributed by atoms with Crippen LogP contribution in [0.1, 0.15) is 5.56 Å². The molecule has 0 aliphatic heterocycles. The Kier molecular flexibility index (Phi) is 3.85. The quantitative estimate of drug-likeness (QED) is 0.513. The lowest BCUT2D eigenvalue weighted by atomic mass is 10.2. The minimum atomic E-state index is -5.66. The lowest BCUT2D eigenvalue weighted by Gasteiger charge is -2.19. The van der Waals surface area contributed by atoms with Gasteiger partial charge in [-0.1, -0.05) is 0 Å². The fourth-order valence-electron chi connectivity index (χ4n) is 0.967. The van der Waals surface area contributed by atoms with E-state index in [2.05, 4.69) is 0 Å². The smallest absolute Gasteiger partial charge is 0.398 e. The normalized spacial score (nSPS) is 12.8. The van der Waals surface area contributed by atoms with Gasteiger partial charge in [-0.15, -0.1) is 0 Å². The molecule has 1 aromatic carbocycles. The third kappa shape index (κ3) is 3.21. The molecule has 8 heteroatoms. The maximum atomic E-state index is 12.7. The monoisotopic (exact) mass is 275 g/mol. The van der Waals surface area contributed by atoms with Crippen LogP contribution in [0.15, 0.2) is 23.1 Å². The van der Waals surface area contributed by atoms with Gasteiger partial charge in [0.1, 0.15) is 6.67 Å². The molecular weight excluding hydrogens is 268 g/mol. The molecule has 0 unspecified atom stereocenters. The summed E-state index contributed by atoms with van der Waals surface area (Å²) in [4.78, 5) is -0.394. The molecule has 0 radical (unpaired) electrons. The molecule has 0 amide bonds. The summed E-state index contributed by atoms with van der Waals surface area (Å²) >= 11 is -0.689. The number of hydrogen-bond donors (Lipinski definition) is 1. The Morgan fingerprint density at radius 3 is 2.18 bits per heavy atom. The predicted octanol–water partition coefficient (Wildman–Crippen LogP) is 3.99. The van der Waals surface area contributed by atoms with E-state index in [0.717, 1.165) is 18.2 Å². The molecule has 2 N–H and O–H groups in total. The van der Waals surface area contributed by atoms with E-state index in [4.69, 9.17) is 5.73 Å². The van der Waals surface area contributed by atoms with Crippen molar-refractivity contribution in [1.29, 1.82) is 0 Å². The molecule has 1 rings (SSSR count). The fourth-order valence-corrected chi connectivity index (χ4v) is 1.72. The van der Waals surface area contributed by atoms with Crippen LogP contribution in [0.3, 0.4) is 0 Å². The lowest BCUT2D eigenvalue weighted by molar-refractivity contribution is -0.237. The maximum absolute atomic E-state index is 12.7. The highest BCUT2D eigenvalue weighted by molar-refractivity contribution is 8.00. The highest BCUT2D eigenvalue weighted by Gasteiger charge is 2.58. The van der Waals surface area contributed by atoms with Crippen molar-refractivity contribution < 1.29 is 26.3 Å². The van der Waals surface area contributed by atoms with Crippen LogP contribution in [0.2, 0.25) is 0 Å². The fraction of sp³-hybridized carbons (Fsp3) is 0.333. The van der Waals surface area contributed by atoms with Gasteiger partial charge in [-0.3, -0.25) is 0 Å². The van der Waals surface area contributed by atoms with E-state index in [9.17, 15) is 26.3 Å². The Morgan fingerprint density at radius 2 is 1.71 bits per heavy atom. The Balaban J connectivity index is 2.96. The Labute approximate surface area is 97.0 Å². The van der Waals surface area contributed by atoms with Crippen LogP contribution in [-0.4, -0.2) is 11.4 Å². The van der Waals surface area contributed by atoms with Crippen LogP contribution in [0.25, 0.3) is 0 Å². The second kappa shape index (κ2) is 4.67. The number of rotatable bonds is 3. The van der Waals surface area contributed by atoms with E-state index in [1.165, 1.54) is 0 Å². The van der Waals surface area contributed by atoms with Crippen molar-refractivity contribution >= 4 is 17.4 Å².